The number of piperidine rings is 1. The van der Waals surface area contributed by atoms with Crippen LogP contribution in [0.4, 0.5) is 18.9 Å². The number of anilines is 1. The van der Waals surface area contributed by atoms with Crippen molar-refractivity contribution in [2.45, 2.75) is 58.2 Å². The van der Waals surface area contributed by atoms with Crippen molar-refractivity contribution in [2.24, 2.45) is 11.8 Å². The van der Waals surface area contributed by atoms with Gasteiger partial charge in [-0.3, -0.25) is 14.5 Å². The number of rotatable bonds is 7. The summed E-state index contributed by atoms with van der Waals surface area (Å²) >= 11 is 6.16. The number of nitrogens with zero attached hydrogens (tertiary/aromatic N) is 1. The highest BCUT2D eigenvalue weighted by Gasteiger charge is 2.47. The summed E-state index contributed by atoms with van der Waals surface area (Å²) in [7, 11) is 0. The molecule has 0 saturated carbocycles. The maximum atomic E-state index is 13.5. The largest absolute Gasteiger partial charge is 0.481 e. The minimum atomic E-state index is -4.52. The molecular weight excluding hydrogens is 421 g/mol. The van der Waals surface area contributed by atoms with Crippen molar-refractivity contribution >= 4 is 29.2 Å². The normalized spacial score (nSPS) is 19.2. The number of halogens is 4. The number of aliphatic carboxylic acids is 1. The second-order valence-electron chi connectivity index (χ2n) is 8.22. The third kappa shape index (κ3) is 6.35. The lowest BCUT2D eigenvalue weighted by Gasteiger charge is -2.39. The highest BCUT2D eigenvalue weighted by molar-refractivity contribution is 6.33. The van der Waals surface area contributed by atoms with Crippen molar-refractivity contribution in [3.63, 3.8) is 0 Å². The summed E-state index contributed by atoms with van der Waals surface area (Å²) in [6, 6.07) is 3.32. The van der Waals surface area contributed by atoms with Crippen LogP contribution in [0.3, 0.4) is 0 Å². The van der Waals surface area contributed by atoms with Crippen molar-refractivity contribution < 1.29 is 27.9 Å². The van der Waals surface area contributed by atoms with Crippen molar-refractivity contribution in [3.8, 4) is 0 Å². The second-order valence-corrected chi connectivity index (χ2v) is 8.63. The molecule has 2 rings (SSSR count). The fraction of sp³-hybridized carbons (Fsp3) is 0.619. The molecule has 0 bridgehead atoms. The van der Waals surface area contributed by atoms with Crippen LogP contribution in [0.1, 0.15) is 51.5 Å². The Balaban J connectivity index is 2.27. The molecule has 0 aliphatic carbocycles. The Morgan fingerprint density at radius 3 is 2.40 bits per heavy atom. The Hall–Kier alpha value is -1.80. The van der Waals surface area contributed by atoms with Crippen LogP contribution in [0.5, 0.6) is 0 Å². The summed E-state index contributed by atoms with van der Waals surface area (Å²) in [4.78, 5) is 25.5. The SMILES string of the molecule is CC1CCN(C(C(=O)Nc2cc([C@@H](C)CC(=O)O)ccc2Cl)C(C)C(F)(F)F)CC1. The molecule has 2 unspecified atom stereocenters. The predicted octanol–water partition coefficient (Wildman–Crippen LogP) is 5.16. The third-order valence-electron chi connectivity index (χ3n) is 5.77. The number of likely N-dealkylation sites (tertiary alicyclic amines) is 1. The maximum Gasteiger partial charge on any atom is 0.393 e. The number of hydrogen-bond donors (Lipinski definition) is 2. The van der Waals surface area contributed by atoms with E-state index in [1.165, 1.54) is 12.1 Å². The van der Waals surface area contributed by atoms with E-state index in [2.05, 4.69) is 5.32 Å². The number of nitrogens with one attached hydrogen (secondary N) is 1. The Morgan fingerprint density at radius 1 is 1.27 bits per heavy atom. The zero-order chi connectivity index (χ0) is 22.6. The van der Waals surface area contributed by atoms with Crippen LogP contribution >= 0.6 is 11.6 Å². The Kier molecular flexibility index (Phi) is 8.16. The van der Waals surface area contributed by atoms with Crippen LogP contribution in [-0.4, -0.2) is 47.2 Å². The van der Waals surface area contributed by atoms with Gasteiger partial charge in [0.25, 0.3) is 0 Å². The van der Waals surface area contributed by atoms with E-state index in [9.17, 15) is 22.8 Å². The third-order valence-corrected chi connectivity index (χ3v) is 6.10. The molecular formula is C21H28ClF3N2O3. The van der Waals surface area contributed by atoms with Crippen molar-refractivity contribution in [1.82, 2.24) is 4.90 Å². The Bertz CT molecular complexity index is 764. The molecule has 1 amide bonds. The molecule has 0 radical (unpaired) electrons. The molecule has 30 heavy (non-hydrogen) atoms. The summed E-state index contributed by atoms with van der Waals surface area (Å²) in [5, 5.41) is 11.7. The molecule has 0 aromatic heterocycles. The first-order valence-electron chi connectivity index (χ1n) is 10.0. The molecule has 0 spiro atoms. The summed E-state index contributed by atoms with van der Waals surface area (Å²) < 4.78 is 40.5. The van der Waals surface area contributed by atoms with Gasteiger partial charge >= 0.3 is 12.1 Å². The average molecular weight is 449 g/mol. The van der Waals surface area contributed by atoms with E-state index in [4.69, 9.17) is 16.7 Å². The lowest BCUT2D eigenvalue weighted by Crippen LogP contribution is -2.54. The fourth-order valence-electron chi connectivity index (χ4n) is 3.73. The molecule has 3 atom stereocenters. The van der Waals surface area contributed by atoms with Crippen LogP contribution < -0.4 is 5.32 Å². The minimum Gasteiger partial charge on any atom is -0.481 e. The number of amides is 1. The number of alkyl halides is 3. The van der Waals surface area contributed by atoms with Gasteiger partial charge in [0.15, 0.2) is 0 Å². The van der Waals surface area contributed by atoms with E-state index in [0.717, 1.165) is 19.8 Å². The van der Waals surface area contributed by atoms with Crippen LogP contribution in [0.15, 0.2) is 18.2 Å². The molecule has 1 fully saturated rings. The Morgan fingerprint density at radius 2 is 1.87 bits per heavy atom. The molecule has 2 N–H and O–H groups in total. The van der Waals surface area contributed by atoms with Gasteiger partial charge in [0.1, 0.15) is 6.04 Å². The predicted molar refractivity (Wildman–Crippen MR) is 110 cm³/mol. The number of carbonyl (C=O) groups is 2. The molecule has 1 aromatic carbocycles. The van der Waals surface area contributed by atoms with Gasteiger partial charge in [-0.25, -0.2) is 0 Å². The van der Waals surface area contributed by atoms with Gasteiger partial charge in [-0.05, 0) is 55.5 Å². The number of carboxylic acid groups (broad SMARTS) is 1. The fourth-order valence-corrected chi connectivity index (χ4v) is 3.89. The van der Waals surface area contributed by atoms with E-state index in [0.29, 0.717) is 24.6 Å². The van der Waals surface area contributed by atoms with Gasteiger partial charge in [0, 0.05) is 0 Å². The molecule has 1 heterocycles. The smallest absolute Gasteiger partial charge is 0.393 e. The first kappa shape index (κ1) is 24.5. The first-order chi connectivity index (χ1) is 13.9. The molecule has 5 nitrogen and oxygen atoms in total. The summed E-state index contributed by atoms with van der Waals surface area (Å²) in [6.45, 7) is 5.62. The van der Waals surface area contributed by atoms with Crippen LogP contribution in [0.25, 0.3) is 0 Å². The molecule has 168 valence electrons. The summed E-state index contributed by atoms with van der Waals surface area (Å²) in [6.07, 6.45) is -3.17. The van der Waals surface area contributed by atoms with Gasteiger partial charge in [-0.2, -0.15) is 13.2 Å². The molecule has 9 heteroatoms. The van der Waals surface area contributed by atoms with Crippen molar-refractivity contribution in [1.29, 1.82) is 0 Å². The van der Waals surface area contributed by atoms with E-state index in [1.54, 1.807) is 17.9 Å². The Labute approximate surface area is 179 Å². The van der Waals surface area contributed by atoms with E-state index in [1.807, 2.05) is 6.92 Å². The zero-order valence-corrected chi connectivity index (χ0v) is 18.1. The van der Waals surface area contributed by atoms with Crippen molar-refractivity contribution in [2.75, 3.05) is 18.4 Å². The number of carboxylic acids is 1. The van der Waals surface area contributed by atoms with Gasteiger partial charge in [-0.1, -0.05) is 38.4 Å². The number of carbonyl (C=O) groups excluding carboxylic acids is 1. The van der Waals surface area contributed by atoms with Gasteiger partial charge in [-0.15, -0.1) is 0 Å². The van der Waals surface area contributed by atoms with Gasteiger partial charge < -0.3 is 10.4 Å². The standard InChI is InChI=1S/C21H28ClF3N2O3/c1-12-6-8-27(9-7-12)19(14(3)21(23,24)25)20(30)26-17-11-15(4-5-16(17)22)13(2)10-18(28)29/h4-5,11-14,19H,6-10H2,1-3H3,(H,26,30)(H,28,29)/t13-,14?,19?/m0/s1. The molecule has 1 aromatic rings. The quantitative estimate of drug-likeness (QED) is 0.604. The van der Waals surface area contributed by atoms with Crippen LogP contribution in [0.2, 0.25) is 5.02 Å². The van der Waals surface area contributed by atoms with Gasteiger partial charge in [0.05, 0.1) is 23.0 Å². The first-order valence-corrected chi connectivity index (χ1v) is 10.4. The monoisotopic (exact) mass is 448 g/mol. The van der Waals surface area contributed by atoms with Crippen LogP contribution in [0, 0.1) is 11.8 Å². The molecule has 1 saturated heterocycles. The summed E-state index contributed by atoms with van der Waals surface area (Å²) in [5.74, 6) is -3.52. The lowest BCUT2D eigenvalue weighted by atomic mass is 9.92. The number of benzene rings is 1. The highest BCUT2D eigenvalue weighted by atomic mass is 35.5. The van der Waals surface area contributed by atoms with E-state index in [-0.39, 0.29) is 23.0 Å². The second kappa shape index (κ2) is 10.0. The molecule has 1 aliphatic heterocycles. The highest BCUT2D eigenvalue weighted by Crippen LogP contribution is 2.34. The maximum absolute atomic E-state index is 13.5. The molecule has 1 aliphatic rings. The summed E-state index contributed by atoms with van der Waals surface area (Å²) in [5.41, 5.74) is 0.811. The average Bonchev–Trinajstić information content (AvgIpc) is 2.63. The van der Waals surface area contributed by atoms with Gasteiger partial charge in [0.2, 0.25) is 5.91 Å². The zero-order valence-electron chi connectivity index (χ0n) is 17.3. The lowest BCUT2D eigenvalue weighted by molar-refractivity contribution is -0.189. The number of hydrogen-bond acceptors (Lipinski definition) is 3. The minimum absolute atomic E-state index is 0.116. The van der Waals surface area contributed by atoms with Crippen LogP contribution in [-0.2, 0) is 9.59 Å². The topological polar surface area (TPSA) is 69.6 Å². The van der Waals surface area contributed by atoms with E-state index >= 15 is 0 Å². The van der Waals surface area contributed by atoms with Crippen molar-refractivity contribution in [3.05, 3.63) is 28.8 Å². The van der Waals surface area contributed by atoms with E-state index < -0.39 is 30.0 Å².